The molecule has 3 aromatic rings. The molecule has 2 atom stereocenters. The Morgan fingerprint density at radius 3 is 2.19 bits per heavy atom. The number of aliphatic imine (C=N–C) groups is 1. The molecule has 2 unspecified atom stereocenters. The second kappa shape index (κ2) is 12.6. The van der Waals surface area contributed by atoms with Crippen molar-refractivity contribution in [3.8, 4) is 11.5 Å². The van der Waals surface area contributed by atoms with Crippen LogP contribution in [0.25, 0.3) is 0 Å². The van der Waals surface area contributed by atoms with Gasteiger partial charge in [0.05, 0.1) is 24.8 Å². The van der Waals surface area contributed by atoms with E-state index in [1.807, 2.05) is 69.3 Å². The fourth-order valence-electron chi connectivity index (χ4n) is 5.38. The Labute approximate surface area is 256 Å². The van der Waals surface area contributed by atoms with Crippen LogP contribution in [0.1, 0.15) is 49.5 Å². The molecule has 2 heterocycles. The van der Waals surface area contributed by atoms with Crippen molar-refractivity contribution in [3.05, 3.63) is 93.5 Å². The van der Waals surface area contributed by atoms with Crippen LogP contribution in [0.3, 0.4) is 0 Å². The quantitative estimate of drug-likeness (QED) is 0.302. The number of rotatable bonds is 7. The third kappa shape index (κ3) is 6.05. The number of likely N-dealkylation sites (N-methyl/N-ethyl adjacent to an activating group) is 1. The number of piperazine rings is 1. The molecule has 0 N–H and O–H groups in total. The van der Waals surface area contributed by atoms with E-state index in [9.17, 15) is 9.59 Å². The normalized spacial score (nSPS) is 18.9. The first-order chi connectivity index (χ1) is 20.2. The highest BCUT2D eigenvalue weighted by Crippen LogP contribution is 2.46. The zero-order chi connectivity index (χ0) is 30.0. The van der Waals surface area contributed by atoms with E-state index in [2.05, 4.69) is 0 Å². The summed E-state index contributed by atoms with van der Waals surface area (Å²) in [6, 6.07) is 19.1. The molecule has 2 aliphatic rings. The monoisotopic (exact) mass is 608 g/mol. The smallest absolute Gasteiger partial charge is 0.326 e. The Morgan fingerprint density at radius 1 is 0.976 bits per heavy atom. The lowest BCUT2D eigenvalue weighted by atomic mass is 9.93. The summed E-state index contributed by atoms with van der Waals surface area (Å²) < 4.78 is 11.7. The molecule has 1 saturated heterocycles. The van der Waals surface area contributed by atoms with Crippen molar-refractivity contribution in [2.24, 2.45) is 4.99 Å². The van der Waals surface area contributed by atoms with Crippen molar-refractivity contribution in [3.63, 3.8) is 0 Å². The number of ether oxygens (including phenoxy) is 2. The predicted octanol–water partition coefficient (Wildman–Crippen LogP) is 6.62. The lowest BCUT2D eigenvalue weighted by Gasteiger charge is -2.38. The maximum absolute atomic E-state index is 14.6. The van der Waals surface area contributed by atoms with Crippen LogP contribution in [0.15, 0.2) is 71.7 Å². The Morgan fingerprint density at radius 2 is 1.62 bits per heavy atom. The van der Waals surface area contributed by atoms with Gasteiger partial charge in [0.15, 0.2) is 0 Å². The number of carbonyl (C=O) groups excluding carboxylic acids is 2. The summed E-state index contributed by atoms with van der Waals surface area (Å²) in [5.74, 6) is 1.53. The molecule has 0 saturated carbocycles. The molecule has 3 amide bonds. The van der Waals surface area contributed by atoms with E-state index < -0.39 is 12.1 Å². The summed E-state index contributed by atoms with van der Waals surface area (Å²) in [5, 5.41) is 1.19. The minimum Gasteiger partial charge on any atom is -0.497 e. The molecule has 42 heavy (non-hydrogen) atoms. The third-order valence-corrected chi connectivity index (χ3v) is 7.96. The van der Waals surface area contributed by atoms with Crippen molar-refractivity contribution >= 4 is 41.0 Å². The molecule has 3 aromatic carbocycles. The second-order valence-electron chi connectivity index (χ2n) is 10.5. The van der Waals surface area contributed by atoms with Crippen LogP contribution in [0.2, 0.25) is 10.0 Å². The maximum Gasteiger partial charge on any atom is 0.326 e. The first-order valence-electron chi connectivity index (χ1n) is 14.0. The molecule has 0 radical (unpaired) electrons. The number of hydrogen-bond acceptors (Lipinski definition) is 5. The number of carbonyl (C=O) groups is 2. The molecule has 2 aliphatic heterocycles. The molecule has 220 valence electrons. The van der Waals surface area contributed by atoms with Gasteiger partial charge in [-0.1, -0.05) is 47.5 Å². The van der Waals surface area contributed by atoms with Crippen molar-refractivity contribution in [2.75, 3.05) is 33.3 Å². The van der Waals surface area contributed by atoms with Crippen molar-refractivity contribution in [2.45, 2.75) is 39.0 Å². The van der Waals surface area contributed by atoms with Crippen molar-refractivity contribution in [1.82, 2.24) is 14.7 Å². The molecule has 1 fully saturated rings. The van der Waals surface area contributed by atoms with E-state index >= 15 is 0 Å². The molecule has 0 bridgehead atoms. The summed E-state index contributed by atoms with van der Waals surface area (Å²) >= 11 is 12.5. The number of benzene rings is 3. The fraction of sp³-hybridized carbons (Fsp3) is 0.344. The third-order valence-electron chi connectivity index (χ3n) is 7.46. The minimum absolute atomic E-state index is 0.00658. The molecule has 0 aromatic heterocycles. The van der Waals surface area contributed by atoms with Gasteiger partial charge in [-0.25, -0.2) is 4.79 Å². The van der Waals surface area contributed by atoms with Gasteiger partial charge in [-0.05, 0) is 68.3 Å². The van der Waals surface area contributed by atoms with Crippen LogP contribution in [0.5, 0.6) is 11.5 Å². The second-order valence-corrected chi connectivity index (χ2v) is 11.4. The van der Waals surface area contributed by atoms with E-state index in [1.165, 1.54) is 0 Å². The van der Waals surface area contributed by atoms with Crippen molar-refractivity contribution in [1.29, 1.82) is 0 Å². The Hall–Kier alpha value is -3.75. The highest BCUT2D eigenvalue weighted by atomic mass is 35.5. The number of methoxy groups -OCH3 is 1. The van der Waals surface area contributed by atoms with Crippen molar-refractivity contribution < 1.29 is 19.1 Å². The van der Waals surface area contributed by atoms with Gasteiger partial charge >= 0.3 is 6.03 Å². The topological polar surface area (TPSA) is 74.7 Å². The van der Waals surface area contributed by atoms with E-state index in [0.717, 1.165) is 11.1 Å². The van der Waals surface area contributed by atoms with Crippen LogP contribution >= 0.6 is 23.2 Å². The Balaban J connectivity index is 1.68. The zero-order valence-electron chi connectivity index (χ0n) is 24.1. The average Bonchev–Trinajstić information content (AvgIpc) is 3.37. The van der Waals surface area contributed by atoms with Gasteiger partial charge in [-0.2, -0.15) is 0 Å². The van der Waals surface area contributed by atoms with Gasteiger partial charge in [-0.3, -0.25) is 14.7 Å². The minimum atomic E-state index is -0.528. The summed E-state index contributed by atoms with van der Waals surface area (Å²) in [7, 11) is 1.59. The fourth-order valence-corrected chi connectivity index (χ4v) is 5.63. The first-order valence-corrected chi connectivity index (χ1v) is 14.8. The maximum atomic E-state index is 14.6. The van der Waals surface area contributed by atoms with Crippen LogP contribution in [-0.2, 0) is 4.79 Å². The lowest BCUT2D eigenvalue weighted by molar-refractivity contribution is -0.134. The van der Waals surface area contributed by atoms with Gasteiger partial charge in [0.25, 0.3) is 0 Å². The van der Waals surface area contributed by atoms with Crippen LogP contribution in [-0.4, -0.2) is 71.9 Å². The van der Waals surface area contributed by atoms with Gasteiger partial charge < -0.3 is 19.3 Å². The molecule has 5 rings (SSSR count). The largest absolute Gasteiger partial charge is 0.497 e. The Bertz CT molecular complexity index is 1480. The van der Waals surface area contributed by atoms with E-state index in [4.69, 9.17) is 37.7 Å². The van der Waals surface area contributed by atoms with E-state index in [0.29, 0.717) is 52.6 Å². The Kier molecular flexibility index (Phi) is 8.94. The molecular formula is C32H34Cl2N4O4. The number of amides is 3. The molecule has 8 nitrogen and oxygen atoms in total. The van der Waals surface area contributed by atoms with E-state index in [-0.39, 0.29) is 24.6 Å². The summed E-state index contributed by atoms with van der Waals surface area (Å²) in [6.45, 7) is 7.30. The number of amidine groups is 1. The van der Waals surface area contributed by atoms with Crippen LogP contribution in [0.4, 0.5) is 4.79 Å². The highest BCUT2D eigenvalue weighted by molar-refractivity contribution is 6.30. The zero-order valence-corrected chi connectivity index (χ0v) is 25.6. The number of urea groups is 1. The molecular weight excluding hydrogens is 575 g/mol. The van der Waals surface area contributed by atoms with E-state index in [1.54, 1.807) is 40.0 Å². The van der Waals surface area contributed by atoms with Gasteiger partial charge in [0, 0.05) is 35.7 Å². The lowest BCUT2D eigenvalue weighted by Crippen LogP contribution is -2.56. The molecule has 0 aliphatic carbocycles. The number of hydrogen-bond donors (Lipinski definition) is 0. The summed E-state index contributed by atoms with van der Waals surface area (Å²) in [4.78, 5) is 37.7. The van der Waals surface area contributed by atoms with Gasteiger partial charge in [0.2, 0.25) is 5.91 Å². The number of nitrogens with zero attached hydrogens (tertiary/aromatic N) is 4. The van der Waals surface area contributed by atoms with Gasteiger partial charge in [0.1, 0.15) is 29.9 Å². The average molecular weight is 610 g/mol. The van der Waals surface area contributed by atoms with Crippen LogP contribution < -0.4 is 9.47 Å². The van der Waals surface area contributed by atoms with Crippen LogP contribution in [0, 0.1) is 0 Å². The summed E-state index contributed by atoms with van der Waals surface area (Å²) in [6.07, 6.45) is -0.138. The standard InChI is InChI=1S/C32H34Cl2N4O4/c1-5-36-16-17-37(19-28(36)39)32(40)38-30(22-8-12-24(34)13-9-22)29(21-6-10-23(33)11-7-21)35-31(38)26-15-14-25(41-4)18-27(26)42-20(2)3/h6-15,18,20,29-30H,5,16-17,19H2,1-4H3. The first kappa shape index (κ1) is 29.7. The highest BCUT2D eigenvalue weighted by Gasteiger charge is 2.45. The SMILES string of the molecule is CCN1CCN(C(=O)N2C(c3ccc(OC)cc3OC(C)C)=NC(c3ccc(Cl)cc3)C2c2ccc(Cl)cc2)CC1=O. The number of halogens is 2. The molecule has 10 heteroatoms. The predicted molar refractivity (Wildman–Crippen MR) is 165 cm³/mol. The van der Waals surface area contributed by atoms with Gasteiger partial charge in [-0.15, -0.1) is 0 Å². The molecule has 0 spiro atoms. The summed E-state index contributed by atoms with van der Waals surface area (Å²) in [5.41, 5.74) is 2.38.